The Labute approximate surface area is 164 Å². The summed E-state index contributed by atoms with van der Waals surface area (Å²) in [7, 11) is -5.90. The molecule has 1 heterocycles. The molecule has 7 nitrogen and oxygen atoms in total. The minimum Gasteiger partial charge on any atom is -0.497 e. The molecule has 0 radical (unpaired) electrons. The van der Waals surface area contributed by atoms with Crippen LogP contribution in [0.3, 0.4) is 0 Å². The molecule has 150 valence electrons. The second-order valence-electron chi connectivity index (χ2n) is 6.64. The first-order chi connectivity index (χ1) is 13.1. The summed E-state index contributed by atoms with van der Waals surface area (Å²) in [6.07, 6.45) is 0.208. The Balaban J connectivity index is 2.12. The van der Waals surface area contributed by atoms with Gasteiger partial charge in [-0.05, 0) is 49.7 Å². The van der Waals surface area contributed by atoms with Gasteiger partial charge < -0.3 is 4.74 Å². The maximum Gasteiger partial charge on any atom is 0.264 e. The molecule has 0 spiro atoms. The number of nitrogens with zero attached hydrogens (tertiary/aromatic N) is 1. The lowest BCUT2D eigenvalue weighted by atomic mass is 10.2. The Morgan fingerprint density at radius 1 is 1.14 bits per heavy atom. The Kier molecular flexibility index (Phi) is 5.49. The molecule has 0 N–H and O–H groups in total. The smallest absolute Gasteiger partial charge is 0.264 e. The summed E-state index contributed by atoms with van der Waals surface area (Å²) >= 11 is 0. The third-order valence-corrected chi connectivity index (χ3v) is 8.29. The third-order valence-electron chi connectivity index (χ3n) is 4.66. The number of hydrogen-bond acceptors (Lipinski definition) is 6. The lowest BCUT2D eigenvalue weighted by Gasteiger charge is -2.30. The summed E-state index contributed by atoms with van der Waals surface area (Å²) in [6.45, 7) is 1.36. The zero-order valence-electron chi connectivity index (χ0n) is 15.5. The summed E-state index contributed by atoms with van der Waals surface area (Å²) in [5, 5.41) is 0. The van der Waals surface area contributed by atoms with Crippen molar-refractivity contribution in [3.05, 3.63) is 54.1 Å². The largest absolute Gasteiger partial charge is 0.497 e. The molecule has 1 aliphatic rings. The van der Waals surface area contributed by atoms with Crippen LogP contribution in [0.5, 0.6) is 5.75 Å². The number of carbonyl (C=O) groups is 1. The molecule has 0 saturated carbocycles. The van der Waals surface area contributed by atoms with E-state index in [0.29, 0.717) is 11.4 Å². The zero-order chi connectivity index (χ0) is 20.5. The van der Waals surface area contributed by atoms with Crippen LogP contribution in [0.15, 0.2) is 53.4 Å². The maximum absolute atomic E-state index is 13.4. The van der Waals surface area contributed by atoms with Crippen molar-refractivity contribution in [1.29, 1.82) is 0 Å². The van der Waals surface area contributed by atoms with E-state index in [4.69, 9.17) is 4.74 Å². The number of sulfone groups is 1. The second-order valence-corrected chi connectivity index (χ2v) is 10.7. The molecular weight excluding hydrogens is 402 g/mol. The van der Waals surface area contributed by atoms with Crippen molar-refractivity contribution < 1.29 is 26.4 Å². The molecule has 1 aliphatic heterocycles. The van der Waals surface area contributed by atoms with Gasteiger partial charge in [0.05, 0.1) is 35.2 Å². The normalized spacial score (nSPS) is 18.6. The predicted octanol–water partition coefficient (Wildman–Crippen LogP) is 2.28. The Hall–Kier alpha value is -2.39. The summed E-state index contributed by atoms with van der Waals surface area (Å²) < 4.78 is 57.2. The molecule has 9 heteroatoms. The van der Waals surface area contributed by atoms with Crippen molar-refractivity contribution in [1.82, 2.24) is 0 Å². The highest BCUT2D eigenvalue weighted by atomic mass is 32.2. The van der Waals surface area contributed by atoms with Crippen LogP contribution in [0.25, 0.3) is 0 Å². The van der Waals surface area contributed by atoms with Gasteiger partial charge in [-0.1, -0.05) is 12.1 Å². The second kappa shape index (κ2) is 7.56. The monoisotopic (exact) mass is 423 g/mol. The molecule has 28 heavy (non-hydrogen) atoms. The molecular formula is C19H21NO6S2. The lowest BCUT2D eigenvalue weighted by molar-refractivity contribution is 0.101. The summed E-state index contributed by atoms with van der Waals surface area (Å²) in [5.74, 6) is -0.00643. The fourth-order valence-corrected chi connectivity index (χ4v) is 6.74. The molecule has 0 aromatic heterocycles. The Morgan fingerprint density at radius 3 is 2.36 bits per heavy atom. The highest BCUT2D eigenvalue weighted by molar-refractivity contribution is 7.93. The highest BCUT2D eigenvalue weighted by Gasteiger charge is 2.39. The summed E-state index contributed by atoms with van der Waals surface area (Å²) in [6, 6.07) is 11.4. The summed E-state index contributed by atoms with van der Waals surface area (Å²) in [5.41, 5.74) is 0.617. The van der Waals surface area contributed by atoms with Gasteiger partial charge in [-0.15, -0.1) is 0 Å². The molecule has 1 saturated heterocycles. The van der Waals surface area contributed by atoms with E-state index in [0.717, 1.165) is 4.31 Å². The SMILES string of the molecule is COc1ccc(N([C@@H]2CCS(=O)(=O)C2)S(=O)(=O)c2cccc(C(C)=O)c2)cc1. The number of methoxy groups -OCH3 is 1. The quantitative estimate of drug-likeness (QED) is 0.661. The number of hydrogen-bond donors (Lipinski definition) is 0. The Bertz CT molecular complexity index is 1090. The van der Waals surface area contributed by atoms with Crippen LogP contribution in [0, 0.1) is 0 Å². The van der Waals surface area contributed by atoms with Crippen LogP contribution in [0.4, 0.5) is 5.69 Å². The number of ketones is 1. The van der Waals surface area contributed by atoms with Crippen LogP contribution in [0.2, 0.25) is 0 Å². The van der Waals surface area contributed by atoms with E-state index in [1.165, 1.54) is 32.2 Å². The number of carbonyl (C=O) groups excluding carboxylic acids is 1. The molecule has 1 fully saturated rings. The third kappa shape index (κ3) is 4.05. The number of Topliss-reactive ketones (excluding diaryl/α,β-unsaturated/α-hetero) is 1. The van der Waals surface area contributed by atoms with Gasteiger partial charge in [-0.25, -0.2) is 16.8 Å². The van der Waals surface area contributed by atoms with Crippen LogP contribution >= 0.6 is 0 Å². The van der Waals surface area contributed by atoms with Crippen LogP contribution < -0.4 is 9.04 Å². The van der Waals surface area contributed by atoms with Gasteiger partial charge in [0.1, 0.15) is 5.75 Å². The van der Waals surface area contributed by atoms with Crippen molar-refractivity contribution in [2.75, 3.05) is 22.9 Å². The van der Waals surface area contributed by atoms with Crippen LogP contribution in [-0.4, -0.2) is 47.3 Å². The van der Waals surface area contributed by atoms with Crippen molar-refractivity contribution in [2.24, 2.45) is 0 Å². The van der Waals surface area contributed by atoms with E-state index in [-0.39, 0.29) is 34.2 Å². The first-order valence-corrected chi connectivity index (χ1v) is 11.9. The van der Waals surface area contributed by atoms with E-state index in [9.17, 15) is 21.6 Å². The van der Waals surface area contributed by atoms with E-state index in [2.05, 4.69) is 0 Å². The van der Waals surface area contributed by atoms with Gasteiger partial charge in [-0.3, -0.25) is 9.10 Å². The minimum absolute atomic E-state index is 0.0553. The lowest BCUT2D eigenvalue weighted by Crippen LogP contribution is -2.41. The van der Waals surface area contributed by atoms with E-state index >= 15 is 0 Å². The topological polar surface area (TPSA) is 97.8 Å². The number of ether oxygens (including phenoxy) is 1. The standard InChI is InChI=1S/C19H21NO6S2/c1-14(21)15-4-3-5-19(12-15)28(24,25)20(17-10-11-27(22,23)13-17)16-6-8-18(26-2)9-7-16/h3-9,12,17H,10-11,13H2,1-2H3/t17-/m1/s1. The van der Waals surface area contributed by atoms with Gasteiger partial charge in [0, 0.05) is 5.56 Å². The molecule has 0 unspecified atom stereocenters. The minimum atomic E-state index is -4.09. The fourth-order valence-electron chi connectivity index (χ4n) is 3.22. The number of sulfonamides is 1. The number of anilines is 1. The van der Waals surface area contributed by atoms with Crippen molar-refractivity contribution in [2.45, 2.75) is 24.3 Å². The van der Waals surface area contributed by atoms with Gasteiger partial charge in [0.25, 0.3) is 10.0 Å². The average molecular weight is 424 g/mol. The van der Waals surface area contributed by atoms with Crippen molar-refractivity contribution in [3.63, 3.8) is 0 Å². The van der Waals surface area contributed by atoms with E-state index < -0.39 is 25.9 Å². The number of benzene rings is 2. The molecule has 0 amide bonds. The molecule has 2 aromatic rings. The highest BCUT2D eigenvalue weighted by Crippen LogP contribution is 2.32. The first kappa shape index (κ1) is 20.3. The van der Waals surface area contributed by atoms with Crippen LogP contribution in [-0.2, 0) is 19.9 Å². The summed E-state index contributed by atoms with van der Waals surface area (Å²) in [4.78, 5) is 11.6. The molecule has 2 aromatic carbocycles. The maximum atomic E-state index is 13.4. The zero-order valence-corrected chi connectivity index (χ0v) is 17.2. The molecule has 0 bridgehead atoms. The Morgan fingerprint density at radius 2 is 1.82 bits per heavy atom. The van der Waals surface area contributed by atoms with E-state index in [1.807, 2.05) is 0 Å². The van der Waals surface area contributed by atoms with Gasteiger partial charge in [0.15, 0.2) is 15.6 Å². The van der Waals surface area contributed by atoms with Gasteiger partial charge in [0.2, 0.25) is 0 Å². The predicted molar refractivity (Wildman–Crippen MR) is 106 cm³/mol. The van der Waals surface area contributed by atoms with Crippen molar-refractivity contribution >= 4 is 31.3 Å². The molecule has 3 rings (SSSR count). The van der Waals surface area contributed by atoms with Gasteiger partial charge >= 0.3 is 0 Å². The first-order valence-electron chi connectivity index (χ1n) is 8.64. The van der Waals surface area contributed by atoms with Crippen molar-refractivity contribution in [3.8, 4) is 5.75 Å². The average Bonchev–Trinajstić information content (AvgIpc) is 3.01. The van der Waals surface area contributed by atoms with Crippen LogP contribution in [0.1, 0.15) is 23.7 Å². The molecule has 1 atom stereocenters. The molecule has 0 aliphatic carbocycles. The number of rotatable bonds is 6. The fraction of sp³-hybridized carbons (Fsp3) is 0.316. The van der Waals surface area contributed by atoms with Gasteiger partial charge in [-0.2, -0.15) is 0 Å². The van der Waals surface area contributed by atoms with E-state index in [1.54, 1.807) is 30.3 Å².